The number of benzene rings is 1. The molecule has 0 aliphatic heterocycles. The predicted molar refractivity (Wildman–Crippen MR) is 89.0 cm³/mol. The van der Waals surface area contributed by atoms with Crippen LogP contribution in [0.4, 0.5) is 5.69 Å². The van der Waals surface area contributed by atoms with Crippen LogP contribution in [0.2, 0.25) is 0 Å². The quantitative estimate of drug-likeness (QED) is 0.480. The Morgan fingerprint density at radius 2 is 2.00 bits per heavy atom. The highest BCUT2D eigenvalue weighted by molar-refractivity contribution is 5.92. The second-order valence-electron chi connectivity index (χ2n) is 5.69. The van der Waals surface area contributed by atoms with E-state index in [-0.39, 0.29) is 23.6 Å². The van der Waals surface area contributed by atoms with Gasteiger partial charge in [-0.05, 0) is 36.6 Å². The highest BCUT2D eigenvalue weighted by Gasteiger charge is 2.21. The molecule has 1 aromatic carbocycles. The van der Waals surface area contributed by atoms with E-state index in [0.717, 1.165) is 0 Å². The lowest BCUT2D eigenvalue weighted by Crippen LogP contribution is -2.31. The van der Waals surface area contributed by atoms with Gasteiger partial charge < -0.3 is 5.32 Å². The molecule has 0 spiro atoms. The number of carbonyl (C=O) groups excluding carboxylic acids is 1. The number of rotatable bonds is 6. The van der Waals surface area contributed by atoms with Gasteiger partial charge in [0.25, 0.3) is 5.69 Å². The van der Waals surface area contributed by atoms with Gasteiger partial charge in [0.2, 0.25) is 5.91 Å². The zero-order chi connectivity index (χ0) is 17.7. The fourth-order valence-electron chi connectivity index (χ4n) is 2.11. The molecule has 1 atom stereocenters. The van der Waals surface area contributed by atoms with Gasteiger partial charge in [-0.3, -0.25) is 20.0 Å². The van der Waals surface area contributed by atoms with E-state index >= 15 is 0 Å². The van der Waals surface area contributed by atoms with E-state index in [9.17, 15) is 14.9 Å². The molecular formula is C16H19N5O3. The van der Waals surface area contributed by atoms with Crippen LogP contribution in [0, 0.1) is 23.0 Å². The molecular weight excluding hydrogens is 310 g/mol. The van der Waals surface area contributed by atoms with Crippen molar-refractivity contribution in [2.75, 3.05) is 0 Å². The normalized spacial score (nSPS) is 12.5. The van der Waals surface area contributed by atoms with Crippen molar-refractivity contribution >= 4 is 17.7 Å². The zero-order valence-corrected chi connectivity index (χ0v) is 13.7. The molecule has 0 saturated carbocycles. The van der Waals surface area contributed by atoms with Crippen LogP contribution in [-0.2, 0) is 4.79 Å². The lowest BCUT2D eigenvalue weighted by atomic mass is 10.0. The monoisotopic (exact) mass is 329 g/mol. The SMILES string of the molecule is Cc1nc(C(NC(=O)/C=C/c2ccc([N+](=O)[O-])cc2)C(C)C)n[nH]1. The highest BCUT2D eigenvalue weighted by atomic mass is 16.6. The number of H-pyrrole nitrogens is 1. The molecule has 8 nitrogen and oxygen atoms in total. The van der Waals surface area contributed by atoms with Gasteiger partial charge in [-0.25, -0.2) is 4.98 Å². The van der Waals surface area contributed by atoms with E-state index in [4.69, 9.17) is 0 Å². The molecule has 0 bridgehead atoms. The molecule has 0 radical (unpaired) electrons. The number of aromatic nitrogens is 3. The summed E-state index contributed by atoms with van der Waals surface area (Å²) < 4.78 is 0. The summed E-state index contributed by atoms with van der Waals surface area (Å²) >= 11 is 0. The van der Waals surface area contributed by atoms with Crippen LogP contribution in [0.15, 0.2) is 30.3 Å². The first-order chi connectivity index (χ1) is 11.4. The molecule has 8 heteroatoms. The van der Waals surface area contributed by atoms with E-state index in [1.165, 1.54) is 18.2 Å². The lowest BCUT2D eigenvalue weighted by molar-refractivity contribution is -0.384. The van der Waals surface area contributed by atoms with Crippen molar-refractivity contribution in [3.8, 4) is 0 Å². The number of nitro benzene ring substituents is 1. The summed E-state index contributed by atoms with van der Waals surface area (Å²) in [5.74, 6) is 1.07. The van der Waals surface area contributed by atoms with Crippen LogP contribution in [0.5, 0.6) is 0 Å². The van der Waals surface area contributed by atoms with Gasteiger partial charge in [0.05, 0.1) is 11.0 Å². The number of non-ortho nitro benzene ring substituents is 1. The van der Waals surface area contributed by atoms with Gasteiger partial charge >= 0.3 is 0 Å². The number of nitrogens with zero attached hydrogens (tertiary/aromatic N) is 3. The summed E-state index contributed by atoms with van der Waals surface area (Å²) in [4.78, 5) is 26.5. The third-order valence-electron chi connectivity index (χ3n) is 3.39. The third-order valence-corrected chi connectivity index (χ3v) is 3.39. The summed E-state index contributed by atoms with van der Waals surface area (Å²) in [6.45, 7) is 5.73. The van der Waals surface area contributed by atoms with E-state index in [2.05, 4.69) is 20.5 Å². The molecule has 1 heterocycles. The van der Waals surface area contributed by atoms with Gasteiger partial charge in [-0.15, -0.1) is 0 Å². The van der Waals surface area contributed by atoms with Crippen LogP contribution in [0.25, 0.3) is 6.08 Å². The van der Waals surface area contributed by atoms with Crippen molar-refractivity contribution in [2.45, 2.75) is 26.8 Å². The smallest absolute Gasteiger partial charge is 0.269 e. The van der Waals surface area contributed by atoms with E-state index in [0.29, 0.717) is 17.2 Å². The molecule has 0 aliphatic rings. The molecule has 1 aromatic heterocycles. The number of aryl methyl sites for hydroxylation is 1. The molecule has 1 unspecified atom stereocenters. The lowest BCUT2D eigenvalue weighted by Gasteiger charge is -2.18. The number of hydrogen-bond acceptors (Lipinski definition) is 5. The van der Waals surface area contributed by atoms with Crippen LogP contribution >= 0.6 is 0 Å². The third kappa shape index (κ3) is 4.48. The van der Waals surface area contributed by atoms with Crippen molar-refractivity contribution in [3.05, 3.63) is 57.7 Å². The molecule has 2 N–H and O–H groups in total. The highest BCUT2D eigenvalue weighted by Crippen LogP contribution is 2.18. The summed E-state index contributed by atoms with van der Waals surface area (Å²) in [6, 6.07) is 5.65. The average Bonchev–Trinajstić information content (AvgIpc) is 2.96. The Balaban J connectivity index is 2.03. The van der Waals surface area contributed by atoms with Gasteiger partial charge in [0, 0.05) is 18.2 Å². The molecule has 0 saturated heterocycles. The summed E-state index contributed by atoms with van der Waals surface area (Å²) in [5, 5.41) is 20.3. The predicted octanol–water partition coefficient (Wildman–Crippen LogP) is 2.55. The minimum Gasteiger partial charge on any atom is -0.342 e. The Morgan fingerprint density at radius 3 is 2.50 bits per heavy atom. The second kappa shape index (κ2) is 7.49. The standard InChI is InChI=1S/C16H19N5O3/c1-10(2)15(16-17-11(3)19-20-16)18-14(22)9-6-12-4-7-13(8-5-12)21(23)24/h4-10,15H,1-3H3,(H,18,22)(H,17,19,20)/b9-6+. The van der Waals surface area contributed by atoms with E-state index in [1.54, 1.807) is 25.1 Å². The summed E-state index contributed by atoms with van der Waals surface area (Å²) in [6.07, 6.45) is 2.98. The topological polar surface area (TPSA) is 114 Å². The number of nitrogens with one attached hydrogen (secondary N) is 2. The zero-order valence-electron chi connectivity index (χ0n) is 13.7. The maximum Gasteiger partial charge on any atom is 0.269 e. The Kier molecular flexibility index (Phi) is 5.41. The number of nitro groups is 1. The summed E-state index contributed by atoms with van der Waals surface area (Å²) in [7, 11) is 0. The number of carbonyl (C=O) groups is 1. The summed E-state index contributed by atoms with van der Waals surface area (Å²) in [5.41, 5.74) is 0.710. The first-order valence-corrected chi connectivity index (χ1v) is 7.48. The van der Waals surface area contributed by atoms with E-state index in [1.807, 2.05) is 13.8 Å². The van der Waals surface area contributed by atoms with Gasteiger partial charge in [0.1, 0.15) is 5.82 Å². The first-order valence-electron chi connectivity index (χ1n) is 7.48. The molecule has 1 amide bonds. The van der Waals surface area contributed by atoms with Gasteiger partial charge in [0.15, 0.2) is 5.82 Å². The minimum absolute atomic E-state index is 0.0106. The van der Waals surface area contributed by atoms with Crippen molar-refractivity contribution in [2.24, 2.45) is 5.92 Å². The molecule has 126 valence electrons. The minimum atomic E-state index is -0.466. The van der Waals surface area contributed by atoms with Gasteiger partial charge in [-0.2, -0.15) is 5.10 Å². The molecule has 0 fully saturated rings. The van der Waals surface area contributed by atoms with Crippen LogP contribution < -0.4 is 5.32 Å². The number of hydrogen-bond donors (Lipinski definition) is 2. The number of amides is 1. The Labute approximate surface area is 139 Å². The Hall–Kier alpha value is -3.03. The maximum absolute atomic E-state index is 12.1. The van der Waals surface area contributed by atoms with Gasteiger partial charge in [-0.1, -0.05) is 13.8 Å². The van der Waals surface area contributed by atoms with Crippen molar-refractivity contribution in [1.82, 2.24) is 20.5 Å². The number of aromatic amines is 1. The second-order valence-corrected chi connectivity index (χ2v) is 5.69. The van der Waals surface area contributed by atoms with Crippen LogP contribution in [-0.4, -0.2) is 26.0 Å². The molecule has 2 rings (SSSR count). The van der Waals surface area contributed by atoms with Crippen molar-refractivity contribution < 1.29 is 9.72 Å². The van der Waals surface area contributed by atoms with Crippen molar-refractivity contribution in [1.29, 1.82) is 0 Å². The fraction of sp³-hybridized carbons (Fsp3) is 0.312. The van der Waals surface area contributed by atoms with Crippen LogP contribution in [0.1, 0.15) is 37.1 Å². The van der Waals surface area contributed by atoms with Crippen molar-refractivity contribution in [3.63, 3.8) is 0 Å². The largest absolute Gasteiger partial charge is 0.342 e. The van der Waals surface area contributed by atoms with Crippen LogP contribution in [0.3, 0.4) is 0 Å². The first kappa shape index (κ1) is 17.3. The average molecular weight is 329 g/mol. The molecule has 2 aromatic rings. The van der Waals surface area contributed by atoms with E-state index < -0.39 is 4.92 Å². The maximum atomic E-state index is 12.1. The molecule has 24 heavy (non-hydrogen) atoms. The Morgan fingerprint density at radius 1 is 1.33 bits per heavy atom. The molecule has 0 aliphatic carbocycles. The fourth-order valence-corrected chi connectivity index (χ4v) is 2.11. The Bertz CT molecular complexity index is 749.